The van der Waals surface area contributed by atoms with Crippen molar-refractivity contribution in [1.82, 2.24) is 10.2 Å². The van der Waals surface area contributed by atoms with E-state index in [-0.39, 0.29) is 0 Å². The minimum Gasteiger partial charge on any atom is -0.383 e. The number of methoxy groups -OCH3 is 2. The molecule has 0 aliphatic heterocycles. The summed E-state index contributed by atoms with van der Waals surface area (Å²) >= 11 is 0. The van der Waals surface area contributed by atoms with Crippen LogP contribution in [0.25, 0.3) is 0 Å². The van der Waals surface area contributed by atoms with Gasteiger partial charge < -0.3 is 14.8 Å². The lowest BCUT2D eigenvalue weighted by Gasteiger charge is -2.40. The summed E-state index contributed by atoms with van der Waals surface area (Å²) in [5.41, 5.74) is 0. The van der Waals surface area contributed by atoms with Gasteiger partial charge in [-0.3, -0.25) is 4.90 Å². The first-order chi connectivity index (χ1) is 9.72. The minimum atomic E-state index is 0.473. The molecule has 1 aliphatic carbocycles. The molecule has 0 heterocycles. The highest BCUT2D eigenvalue weighted by Crippen LogP contribution is 2.24. The maximum Gasteiger partial charge on any atom is 0.0615 e. The Kier molecular flexibility index (Phi) is 9.44. The van der Waals surface area contributed by atoms with Crippen molar-refractivity contribution in [2.45, 2.75) is 64.1 Å². The molecule has 0 saturated heterocycles. The van der Waals surface area contributed by atoms with Gasteiger partial charge in [-0.2, -0.15) is 0 Å². The summed E-state index contributed by atoms with van der Waals surface area (Å²) in [4.78, 5) is 2.59. The Hall–Kier alpha value is -0.160. The second kappa shape index (κ2) is 10.6. The zero-order chi connectivity index (χ0) is 14.8. The van der Waals surface area contributed by atoms with E-state index in [0.29, 0.717) is 12.1 Å². The predicted octanol–water partition coefficient (Wildman–Crippen LogP) is 2.28. The number of nitrogens with zero attached hydrogens (tertiary/aromatic N) is 1. The average Bonchev–Trinajstić information content (AvgIpc) is 2.47. The van der Waals surface area contributed by atoms with Gasteiger partial charge in [0.15, 0.2) is 0 Å². The van der Waals surface area contributed by atoms with E-state index < -0.39 is 0 Å². The molecule has 0 bridgehead atoms. The third-order valence-electron chi connectivity index (χ3n) is 4.38. The van der Waals surface area contributed by atoms with E-state index in [9.17, 15) is 0 Å². The molecular formula is C16H34N2O2. The van der Waals surface area contributed by atoms with Crippen molar-refractivity contribution in [1.29, 1.82) is 0 Å². The van der Waals surface area contributed by atoms with Crippen LogP contribution in [0, 0.1) is 0 Å². The van der Waals surface area contributed by atoms with Gasteiger partial charge in [0.25, 0.3) is 0 Å². The van der Waals surface area contributed by atoms with Crippen molar-refractivity contribution in [3.63, 3.8) is 0 Å². The number of rotatable bonds is 10. The summed E-state index contributed by atoms with van der Waals surface area (Å²) < 4.78 is 10.6. The van der Waals surface area contributed by atoms with E-state index in [4.69, 9.17) is 9.47 Å². The molecule has 0 aromatic carbocycles. The number of hydrogen-bond donors (Lipinski definition) is 1. The van der Waals surface area contributed by atoms with Crippen LogP contribution in [-0.2, 0) is 9.47 Å². The van der Waals surface area contributed by atoms with E-state index in [2.05, 4.69) is 24.1 Å². The van der Waals surface area contributed by atoms with Crippen LogP contribution in [0.15, 0.2) is 0 Å². The monoisotopic (exact) mass is 286 g/mol. The van der Waals surface area contributed by atoms with Gasteiger partial charge in [0.2, 0.25) is 0 Å². The average molecular weight is 286 g/mol. The molecule has 1 N–H and O–H groups in total. The number of hydrogen-bond acceptors (Lipinski definition) is 4. The SMILES string of the molecule is CCCNC1CCC(N(CCOC)C(C)COC)CC1. The summed E-state index contributed by atoms with van der Waals surface area (Å²) in [6.07, 6.45) is 6.41. The van der Waals surface area contributed by atoms with Crippen LogP contribution < -0.4 is 5.32 Å². The first-order valence-corrected chi connectivity index (χ1v) is 8.19. The van der Waals surface area contributed by atoms with E-state index in [1.165, 1.54) is 32.1 Å². The quantitative estimate of drug-likeness (QED) is 0.668. The van der Waals surface area contributed by atoms with Crippen LogP contribution in [0.1, 0.15) is 46.0 Å². The van der Waals surface area contributed by atoms with Crippen LogP contribution in [-0.4, -0.2) is 63.5 Å². The molecule has 0 amide bonds. The van der Waals surface area contributed by atoms with Crippen LogP contribution in [0.4, 0.5) is 0 Å². The molecule has 0 aromatic heterocycles. The normalized spacial score (nSPS) is 25.1. The molecule has 0 radical (unpaired) electrons. The fraction of sp³-hybridized carbons (Fsp3) is 1.00. The van der Waals surface area contributed by atoms with Gasteiger partial charge in [0, 0.05) is 38.9 Å². The Balaban J connectivity index is 2.43. The zero-order valence-electron chi connectivity index (χ0n) is 13.9. The van der Waals surface area contributed by atoms with E-state index in [1.807, 2.05) is 0 Å². The highest BCUT2D eigenvalue weighted by molar-refractivity contribution is 4.85. The topological polar surface area (TPSA) is 33.7 Å². The van der Waals surface area contributed by atoms with Crippen LogP contribution in [0.2, 0.25) is 0 Å². The summed E-state index contributed by atoms with van der Waals surface area (Å²) in [6.45, 7) is 8.28. The van der Waals surface area contributed by atoms with Gasteiger partial charge in [-0.15, -0.1) is 0 Å². The van der Waals surface area contributed by atoms with E-state index in [1.54, 1.807) is 14.2 Å². The van der Waals surface area contributed by atoms with Crippen molar-refractivity contribution in [2.75, 3.05) is 40.5 Å². The Labute approximate surface area is 125 Å². The fourth-order valence-corrected chi connectivity index (χ4v) is 3.26. The number of nitrogens with one attached hydrogen (secondary N) is 1. The maximum atomic E-state index is 5.33. The first kappa shape index (κ1) is 17.9. The predicted molar refractivity (Wildman–Crippen MR) is 84.3 cm³/mol. The Bertz CT molecular complexity index is 231. The maximum absolute atomic E-state index is 5.33. The van der Waals surface area contributed by atoms with Crippen molar-refractivity contribution < 1.29 is 9.47 Å². The third kappa shape index (κ3) is 6.08. The van der Waals surface area contributed by atoms with Gasteiger partial charge in [-0.05, 0) is 45.6 Å². The Morgan fingerprint density at radius 1 is 1.15 bits per heavy atom. The molecule has 1 rings (SSSR count). The second-order valence-electron chi connectivity index (χ2n) is 5.99. The lowest BCUT2D eigenvalue weighted by molar-refractivity contribution is 0.0322. The summed E-state index contributed by atoms with van der Waals surface area (Å²) in [5.74, 6) is 0. The Morgan fingerprint density at radius 3 is 2.40 bits per heavy atom. The molecule has 0 aromatic rings. The van der Waals surface area contributed by atoms with Gasteiger partial charge in [-0.25, -0.2) is 0 Å². The van der Waals surface area contributed by atoms with Crippen molar-refractivity contribution in [3.8, 4) is 0 Å². The van der Waals surface area contributed by atoms with Gasteiger partial charge >= 0.3 is 0 Å². The van der Waals surface area contributed by atoms with Gasteiger partial charge in [0.05, 0.1) is 13.2 Å². The van der Waals surface area contributed by atoms with Crippen molar-refractivity contribution in [2.24, 2.45) is 0 Å². The Morgan fingerprint density at radius 2 is 1.85 bits per heavy atom. The standard InChI is InChI=1S/C16H34N2O2/c1-5-10-17-15-6-8-16(9-7-15)18(11-12-19-3)14(2)13-20-4/h14-17H,5-13H2,1-4H3. The summed E-state index contributed by atoms with van der Waals surface area (Å²) in [5, 5.41) is 3.66. The molecule has 1 unspecified atom stereocenters. The molecule has 120 valence electrons. The van der Waals surface area contributed by atoms with Crippen LogP contribution in [0.3, 0.4) is 0 Å². The second-order valence-corrected chi connectivity index (χ2v) is 5.99. The fourth-order valence-electron chi connectivity index (χ4n) is 3.26. The lowest BCUT2D eigenvalue weighted by Crippen LogP contribution is -2.48. The van der Waals surface area contributed by atoms with E-state index >= 15 is 0 Å². The third-order valence-corrected chi connectivity index (χ3v) is 4.38. The van der Waals surface area contributed by atoms with Crippen LogP contribution in [0.5, 0.6) is 0 Å². The van der Waals surface area contributed by atoms with Crippen LogP contribution >= 0.6 is 0 Å². The first-order valence-electron chi connectivity index (χ1n) is 8.19. The number of ether oxygens (including phenoxy) is 2. The van der Waals surface area contributed by atoms with Crippen molar-refractivity contribution >= 4 is 0 Å². The molecule has 1 fully saturated rings. The summed E-state index contributed by atoms with van der Waals surface area (Å²) in [6, 6.07) is 1.89. The molecule has 1 saturated carbocycles. The smallest absolute Gasteiger partial charge is 0.0615 e. The highest BCUT2D eigenvalue weighted by Gasteiger charge is 2.28. The lowest BCUT2D eigenvalue weighted by atomic mass is 9.89. The van der Waals surface area contributed by atoms with E-state index in [0.717, 1.165) is 32.3 Å². The molecule has 4 heteroatoms. The minimum absolute atomic E-state index is 0.473. The molecule has 4 nitrogen and oxygen atoms in total. The van der Waals surface area contributed by atoms with Crippen molar-refractivity contribution in [3.05, 3.63) is 0 Å². The van der Waals surface area contributed by atoms with Gasteiger partial charge in [0.1, 0.15) is 0 Å². The molecule has 1 atom stereocenters. The highest BCUT2D eigenvalue weighted by atomic mass is 16.5. The summed E-state index contributed by atoms with van der Waals surface area (Å²) in [7, 11) is 3.57. The molecule has 1 aliphatic rings. The molecule has 0 spiro atoms. The molecular weight excluding hydrogens is 252 g/mol. The van der Waals surface area contributed by atoms with Gasteiger partial charge in [-0.1, -0.05) is 6.92 Å². The largest absolute Gasteiger partial charge is 0.383 e. The molecule has 20 heavy (non-hydrogen) atoms. The zero-order valence-corrected chi connectivity index (χ0v) is 13.9.